The van der Waals surface area contributed by atoms with Crippen LogP contribution in [0.2, 0.25) is 0 Å². The number of benzene rings is 4. The Balaban J connectivity index is 1.59. The summed E-state index contributed by atoms with van der Waals surface area (Å²) in [6.07, 6.45) is 0. The lowest BCUT2D eigenvalue weighted by atomic mass is 9.98. The van der Waals surface area contributed by atoms with Crippen molar-refractivity contribution < 1.29 is 14.3 Å². The van der Waals surface area contributed by atoms with Crippen LogP contribution in [0.4, 0.5) is 5.69 Å². The number of aryl methyl sites for hydroxylation is 1. The highest BCUT2D eigenvalue weighted by Gasteiger charge is 2.35. The van der Waals surface area contributed by atoms with Crippen LogP contribution in [0.15, 0.2) is 103 Å². The van der Waals surface area contributed by atoms with Gasteiger partial charge in [0.05, 0.1) is 18.3 Å². The maximum atomic E-state index is 14.2. The number of para-hydroxylation sites is 3. The van der Waals surface area contributed by atoms with E-state index in [4.69, 9.17) is 4.74 Å². The minimum absolute atomic E-state index is 0.118. The summed E-state index contributed by atoms with van der Waals surface area (Å²) in [4.78, 5) is 29.8. The van der Waals surface area contributed by atoms with Crippen molar-refractivity contribution >= 4 is 28.5 Å². The summed E-state index contributed by atoms with van der Waals surface area (Å²) in [7, 11) is 1.55. The van der Waals surface area contributed by atoms with Gasteiger partial charge < -0.3 is 10.1 Å². The first-order valence-corrected chi connectivity index (χ1v) is 12.7. The number of rotatable bonds is 9. The molecule has 0 saturated carbocycles. The van der Waals surface area contributed by atoms with E-state index in [1.165, 1.54) is 4.90 Å². The lowest BCUT2D eigenvalue weighted by molar-refractivity contribution is -0.127. The Morgan fingerprint density at radius 3 is 2.38 bits per heavy atom. The number of anilines is 1. The molecule has 0 spiro atoms. The van der Waals surface area contributed by atoms with E-state index >= 15 is 0 Å². The number of methoxy groups -OCH3 is 1. The number of aromatic nitrogens is 3. The van der Waals surface area contributed by atoms with Gasteiger partial charge in [0.25, 0.3) is 0 Å². The Labute approximate surface area is 226 Å². The van der Waals surface area contributed by atoms with Crippen LogP contribution in [0, 0.1) is 6.92 Å². The average Bonchev–Trinajstić information content (AvgIpc) is 3.38. The van der Waals surface area contributed by atoms with E-state index in [0.717, 1.165) is 16.6 Å². The maximum absolute atomic E-state index is 14.2. The molecule has 8 heteroatoms. The maximum Gasteiger partial charge on any atom is 0.249 e. The number of nitrogens with one attached hydrogen (secondary N) is 1. The summed E-state index contributed by atoms with van der Waals surface area (Å²) in [6.45, 7) is 2.14. The van der Waals surface area contributed by atoms with Crippen molar-refractivity contribution in [2.45, 2.75) is 26.1 Å². The predicted molar refractivity (Wildman–Crippen MR) is 150 cm³/mol. The molecule has 1 aromatic heterocycles. The zero-order chi connectivity index (χ0) is 27.2. The van der Waals surface area contributed by atoms with Gasteiger partial charge >= 0.3 is 0 Å². The molecule has 0 radical (unpaired) electrons. The minimum atomic E-state index is -0.964. The van der Waals surface area contributed by atoms with E-state index in [1.807, 2.05) is 97.9 Å². The molecule has 39 heavy (non-hydrogen) atoms. The highest BCUT2D eigenvalue weighted by molar-refractivity contribution is 6.02. The fraction of sp³-hybridized carbons (Fsp3) is 0.161. The van der Waals surface area contributed by atoms with Gasteiger partial charge in [-0.25, -0.2) is 4.68 Å². The molecule has 1 heterocycles. The molecule has 0 saturated heterocycles. The highest BCUT2D eigenvalue weighted by Crippen LogP contribution is 2.36. The molecule has 1 unspecified atom stereocenters. The van der Waals surface area contributed by atoms with Gasteiger partial charge in [-0.3, -0.25) is 14.5 Å². The van der Waals surface area contributed by atoms with Gasteiger partial charge in [-0.15, -0.1) is 5.10 Å². The Bertz CT molecular complexity index is 1600. The van der Waals surface area contributed by atoms with Crippen molar-refractivity contribution in [2.75, 3.05) is 12.0 Å². The number of amides is 2. The fourth-order valence-corrected chi connectivity index (χ4v) is 4.66. The molecule has 0 bridgehead atoms. The second kappa shape index (κ2) is 11.6. The molecule has 2 amide bonds. The summed E-state index contributed by atoms with van der Waals surface area (Å²) in [5, 5.41) is 11.5. The summed E-state index contributed by atoms with van der Waals surface area (Å²) in [6, 6.07) is 31.0. The zero-order valence-electron chi connectivity index (χ0n) is 21.8. The van der Waals surface area contributed by atoms with Gasteiger partial charge in [0.2, 0.25) is 11.8 Å². The van der Waals surface area contributed by atoms with Gasteiger partial charge in [0, 0.05) is 6.54 Å². The molecular formula is C31H29N5O3. The van der Waals surface area contributed by atoms with Crippen molar-refractivity contribution in [1.82, 2.24) is 20.3 Å². The lowest BCUT2D eigenvalue weighted by Crippen LogP contribution is -2.45. The number of nitrogens with zero attached hydrogens (tertiary/aromatic N) is 4. The third-order valence-electron chi connectivity index (χ3n) is 6.62. The van der Waals surface area contributed by atoms with Gasteiger partial charge in [-0.1, -0.05) is 84.1 Å². The largest absolute Gasteiger partial charge is 0.495 e. The van der Waals surface area contributed by atoms with Crippen molar-refractivity contribution in [1.29, 1.82) is 0 Å². The smallest absolute Gasteiger partial charge is 0.249 e. The Hall–Kier alpha value is -4.98. The number of carbonyl (C=O) groups excluding carboxylic acids is 2. The second-order valence-electron chi connectivity index (χ2n) is 9.13. The molecule has 196 valence electrons. The molecule has 5 aromatic rings. The second-order valence-corrected chi connectivity index (χ2v) is 9.13. The van der Waals surface area contributed by atoms with Crippen LogP contribution in [-0.4, -0.2) is 33.9 Å². The summed E-state index contributed by atoms with van der Waals surface area (Å²) in [5.74, 6) is -0.169. The molecule has 1 atom stereocenters. The average molecular weight is 520 g/mol. The van der Waals surface area contributed by atoms with Crippen LogP contribution in [0.3, 0.4) is 0 Å². The predicted octanol–water partition coefficient (Wildman–Crippen LogP) is 4.84. The molecule has 4 aromatic carbocycles. The van der Waals surface area contributed by atoms with Gasteiger partial charge in [-0.05, 0) is 47.9 Å². The standard InChI is InChI=1S/C31H29N5O3/c1-22-12-6-7-15-24(22)30(31(38)32-20-23-13-4-3-5-14-23)36(27-18-10-11-19-28(27)39-2)29(37)21-35-26-17-9-8-16-25(26)33-34-35/h3-19,30H,20-21H2,1-2H3,(H,32,38). The SMILES string of the molecule is COc1ccccc1N(C(=O)Cn1nnc2ccccc21)C(C(=O)NCc1ccccc1)c1ccccc1C. The van der Waals surface area contributed by atoms with Crippen molar-refractivity contribution in [2.24, 2.45) is 0 Å². The number of hydrogen-bond acceptors (Lipinski definition) is 5. The van der Waals surface area contributed by atoms with E-state index in [2.05, 4.69) is 15.6 Å². The Morgan fingerprint density at radius 2 is 1.59 bits per heavy atom. The van der Waals surface area contributed by atoms with Crippen LogP contribution >= 0.6 is 0 Å². The molecule has 8 nitrogen and oxygen atoms in total. The van der Waals surface area contributed by atoms with E-state index < -0.39 is 6.04 Å². The molecule has 1 N–H and O–H groups in total. The third-order valence-corrected chi connectivity index (χ3v) is 6.62. The molecule has 0 aliphatic carbocycles. The van der Waals surface area contributed by atoms with E-state index in [1.54, 1.807) is 23.9 Å². The monoisotopic (exact) mass is 519 g/mol. The first-order chi connectivity index (χ1) is 19.1. The fourth-order valence-electron chi connectivity index (χ4n) is 4.66. The number of fused-ring (bicyclic) bond motifs is 1. The van der Waals surface area contributed by atoms with Gasteiger partial charge in [0.15, 0.2) is 0 Å². The highest BCUT2D eigenvalue weighted by atomic mass is 16.5. The van der Waals surface area contributed by atoms with Crippen molar-refractivity contribution in [3.63, 3.8) is 0 Å². The topological polar surface area (TPSA) is 89.3 Å². The Kier molecular flexibility index (Phi) is 7.63. The van der Waals surface area contributed by atoms with Crippen molar-refractivity contribution in [3.05, 3.63) is 120 Å². The van der Waals surface area contributed by atoms with Crippen LogP contribution in [0.5, 0.6) is 5.75 Å². The first-order valence-electron chi connectivity index (χ1n) is 12.7. The van der Waals surface area contributed by atoms with Crippen LogP contribution < -0.4 is 15.0 Å². The molecule has 0 aliphatic rings. The van der Waals surface area contributed by atoms with E-state index in [0.29, 0.717) is 29.1 Å². The van der Waals surface area contributed by atoms with Crippen molar-refractivity contribution in [3.8, 4) is 5.75 Å². The molecule has 5 rings (SSSR count). The van der Waals surface area contributed by atoms with Crippen LogP contribution in [0.1, 0.15) is 22.7 Å². The van der Waals surface area contributed by atoms with Crippen LogP contribution in [0.25, 0.3) is 11.0 Å². The molecular weight excluding hydrogens is 490 g/mol. The van der Waals surface area contributed by atoms with Gasteiger partial charge in [-0.2, -0.15) is 0 Å². The normalized spacial score (nSPS) is 11.6. The first kappa shape index (κ1) is 25.7. The lowest BCUT2D eigenvalue weighted by Gasteiger charge is -2.33. The Morgan fingerprint density at radius 1 is 0.897 bits per heavy atom. The number of hydrogen-bond donors (Lipinski definition) is 1. The quantitative estimate of drug-likeness (QED) is 0.301. The van der Waals surface area contributed by atoms with Crippen LogP contribution in [-0.2, 0) is 22.7 Å². The molecule has 0 fully saturated rings. The zero-order valence-corrected chi connectivity index (χ0v) is 21.8. The molecule has 0 aliphatic heterocycles. The summed E-state index contributed by atoms with van der Waals surface area (Å²) < 4.78 is 7.20. The van der Waals surface area contributed by atoms with Gasteiger partial charge in [0.1, 0.15) is 23.9 Å². The van der Waals surface area contributed by atoms with E-state index in [-0.39, 0.29) is 18.4 Å². The third kappa shape index (κ3) is 5.50. The summed E-state index contributed by atoms with van der Waals surface area (Å²) >= 11 is 0. The number of carbonyl (C=O) groups is 2. The minimum Gasteiger partial charge on any atom is -0.495 e. The number of ether oxygens (including phenoxy) is 1. The van der Waals surface area contributed by atoms with E-state index in [9.17, 15) is 9.59 Å². The summed E-state index contributed by atoms with van der Waals surface area (Å²) in [5.41, 5.74) is 4.45.